The van der Waals surface area contributed by atoms with Gasteiger partial charge < -0.3 is 5.32 Å². The Bertz CT molecular complexity index is 1030. The van der Waals surface area contributed by atoms with Crippen molar-refractivity contribution in [1.82, 2.24) is 19.7 Å². The number of nitrogens with zero attached hydrogens (tertiary/aromatic N) is 3. The van der Waals surface area contributed by atoms with E-state index in [2.05, 4.69) is 17.3 Å². The minimum absolute atomic E-state index is 0.0175. The topological polar surface area (TPSA) is 68.9 Å². The fraction of sp³-hybridized carbons (Fsp3) is 0.381. The molecule has 0 aliphatic carbocycles. The van der Waals surface area contributed by atoms with Gasteiger partial charge in [0.25, 0.3) is 5.56 Å². The van der Waals surface area contributed by atoms with Gasteiger partial charge in [0.1, 0.15) is 12.2 Å². The van der Waals surface area contributed by atoms with Gasteiger partial charge in [-0.05, 0) is 44.9 Å². The van der Waals surface area contributed by atoms with Crippen LogP contribution < -0.4 is 10.9 Å². The summed E-state index contributed by atoms with van der Waals surface area (Å²) in [6.45, 7) is 8.53. The van der Waals surface area contributed by atoms with E-state index in [0.29, 0.717) is 12.2 Å². The molecule has 0 bridgehead atoms. The van der Waals surface area contributed by atoms with Crippen LogP contribution in [-0.2, 0) is 11.3 Å². The fourth-order valence-electron chi connectivity index (χ4n) is 3.29. The summed E-state index contributed by atoms with van der Waals surface area (Å²) in [5.41, 5.74) is 4.18. The second kappa shape index (κ2) is 7.78. The summed E-state index contributed by atoms with van der Waals surface area (Å²) in [5, 5.41) is 8.46. The van der Waals surface area contributed by atoms with Gasteiger partial charge in [0.2, 0.25) is 5.91 Å². The first-order valence-corrected chi connectivity index (χ1v) is 9.36. The molecule has 0 saturated heterocycles. The Morgan fingerprint density at radius 1 is 1.15 bits per heavy atom. The molecule has 0 saturated carbocycles. The van der Waals surface area contributed by atoms with E-state index in [1.807, 2.05) is 45.0 Å². The molecule has 2 aromatic heterocycles. The maximum atomic E-state index is 12.7. The predicted molar refractivity (Wildman–Crippen MR) is 107 cm³/mol. The normalized spacial score (nSPS) is 11.1. The number of hydrogen-bond donors (Lipinski definition) is 1. The average Bonchev–Trinajstić information content (AvgIpc) is 2.97. The standard InChI is InChI=1S/C21H26N4O2/c1-5-6-11-22-18(26)13-24-19(27)12-15(3)20-16(4)23-25(21(20)24)17-9-7-14(2)8-10-17/h7-10,12H,5-6,11,13H2,1-4H3,(H,22,26). The lowest BCUT2D eigenvalue weighted by atomic mass is 10.1. The van der Waals surface area contributed by atoms with Crippen molar-refractivity contribution in [2.75, 3.05) is 6.54 Å². The number of amides is 1. The van der Waals surface area contributed by atoms with Crippen molar-refractivity contribution >= 4 is 16.9 Å². The number of aromatic nitrogens is 3. The third-order valence-electron chi connectivity index (χ3n) is 4.72. The zero-order chi connectivity index (χ0) is 19.6. The second-order valence-electron chi connectivity index (χ2n) is 6.99. The molecule has 142 valence electrons. The highest BCUT2D eigenvalue weighted by atomic mass is 16.2. The molecule has 1 amide bonds. The van der Waals surface area contributed by atoms with Gasteiger partial charge in [-0.15, -0.1) is 0 Å². The Balaban J connectivity index is 2.13. The third-order valence-corrected chi connectivity index (χ3v) is 4.72. The van der Waals surface area contributed by atoms with Gasteiger partial charge in [0, 0.05) is 18.0 Å². The molecule has 27 heavy (non-hydrogen) atoms. The van der Waals surface area contributed by atoms with Crippen molar-refractivity contribution in [2.24, 2.45) is 0 Å². The molecule has 3 aromatic rings. The lowest BCUT2D eigenvalue weighted by Gasteiger charge is -2.12. The van der Waals surface area contributed by atoms with Gasteiger partial charge in [-0.25, -0.2) is 4.68 Å². The molecular formula is C21H26N4O2. The van der Waals surface area contributed by atoms with Crippen molar-refractivity contribution in [3.63, 3.8) is 0 Å². The zero-order valence-electron chi connectivity index (χ0n) is 16.4. The number of benzene rings is 1. The van der Waals surface area contributed by atoms with Gasteiger partial charge in [0.05, 0.1) is 11.4 Å². The van der Waals surface area contributed by atoms with Crippen molar-refractivity contribution in [3.8, 4) is 5.69 Å². The minimum Gasteiger partial charge on any atom is -0.355 e. The van der Waals surface area contributed by atoms with Crippen molar-refractivity contribution in [1.29, 1.82) is 0 Å². The van der Waals surface area contributed by atoms with Gasteiger partial charge >= 0.3 is 0 Å². The summed E-state index contributed by atoms with van der Waals surface area (Å²) < 4.78 is 3.28. The molecule has 0 radical (unpaired) electrons. The van der Waals surface area contributed by atoms with E-state index in [-0.39, 0.29) is 18.0 Å². The van der Waals surface area contributed by atoms with E-state index in [9.17, 15) is 9.59 Å². The maximum absolute atomic E-state index is 12.7. The number of rotatable bonds is 6. The zero-order valence-corrected chi connectivity index (χ0v) is 16.4. The van der Waals surface area contributed by atoms with Crippen LogP contribution in [0.5, 0.6) is 0 Å². The largest absolute Gasteiger partial charge is 0.355 e. The SMILES string of the molecule is CCCCNC(=O)Cn1c(=O)cc(C)c2c(C)nn(-c3ccc(C)cc3)c21. The van der Waals surface area contributed by atoms with E-state index in [1.165, 1.54) is 4.57 Å². The molecular weight excluding hydrogens is 340 g/mol. The molecule has 6 heteroatoms. The molecule has 1 aromatic carbocycles. The summed E-state index contributed by atoms with van der Waals surface area (Å²) in [7, 11) is 0. The summed E-state index contributed by atoms with van der Waals surface area (Å²) in [4.78, 5) is 25.1. The first kappa shape index (κ1) is 18.9. The van der Waals surface area contributed by atoms with E-state index in [0.717, 1.165) is 40.7 Å². The highest BCUT2D eigenvalue weighted by Crippen LogP contribution is 2.23. The summed E-state index contributed by atoms with van der Waals surface area (Å²) in [6, 6.07) is 9.54. The van der Waals surface area contributed by atoms with Crippen LogP contribution in [0.2, 0.25) is 0 Å². The monoisotopic (exact) mass is 366 g/mol. The smallest absolute Gasteiger partial charge is 0.252 e. The van der Waals surface area contributed by atoms with Gasteiger partial charge in [-0.1, -0.05) is 31.0 Å². The van der Waals surface area contributed by atoms with Crippen molar-refractivity contribution in [2.45, 2.75) is 47.1 Å². The molecule has 0 atom stereocenters. The van der Waals surface area contributed by atoms with E-state index >= 15 is 0 Å². The van der Waals surface area contributed by atoms with Gasteiger partial charge in [-0.3, -0.25) is 14.2 Å². The number of hydrogen-bond acceptors (Lipinski definition) is 3. The Morgan fingerprint density at radius 2 is 1.85 bits per heavy atom. The predicted octanol–water partition coefficient (Wildman–Crippen LogP) is 3.03. The summed E-state index contributed by atoms with van der Waals surface area (Å²) >= 11 is 0. The van der Waals surface area contributed by atoms with Crippen LogP contribution in [0.4, 0.5) is 0 Å². The Kier molecular flexibility index (Phi) is 5.44. The minimum atomic E-state index is -0.195. The number of unbranched alkanes of at least 4 members (excludes halogenated alkanes) is 1. The number of carbonyl (C=O) groups excluding carboxylic acids is 1. The summed E-state index contributed by atoms with van der Waals surface area (Å²) in [6.07, 6.45) is 1.93. The molecule has 6 nitrogen and oxygen atoms in total. The van der Waals surface area contributed by atoms with Crippen LogP contribution in [-0.4, -0.2) is 26.8 Å². The molecule has 1 N–H and O–H groups in total. The molecule has 0 unspecified atom stereocenters. The molecule has 0 aliphatic heterocycles. The molecule has 0 spiro atoms. The Labute approximate surface area is 158 Å². The van der Waals surface area contributed by atoms with Crippen LogP contribution in [0.25, 0.3) is 16.7 Å². The van der Waals surface area contributed by atoms with Crippen LogP contribution >= 0.6 is 0 Å². The molecule has 0 fully saturated rings. The first-order valence-electron chi connectivity index (χ1n) is 9.36. The lowest BCUT2D eigenvalue weighted by molar-refractivity contribution is -0.121. The Morgan fingerprint density at radius 3 is 2.52 bits per heavy atom. The van der Waals surface area contributed by atoms with E-state index < -0.39 is 0 Å². The third kappa shape index (κ3) is 3.79. The number of aryl methyl sites for hydroxylation is 3. The quantitative estimate of drug-likeness (QED) is 0.682. The maximum Gasteiger partial charge on any atom is 0.252 e. The lowest BCUT2D eigenvalue weighted by Crippen LogP contribution is -2.33. The fourth-order valence-corrected chi connectivity index (χ4v) is 3.29. The Hall–Kier alpha value is -2.89. The van der Waals surface area contributed by atoms with Crippen LogP contribution in [0.15, 0.2) is 35.1 Å². The van der Waals surface area contributed by atoms with Gasteiger partial charge in [-0.2, -0.15) is 5.10 Å². The second-order valence-corrected chi connectivity index (χ2v) is 6.99. The van der Waals surface area contributed by atoms with E-state index in [4.69, 9.17) is 0 Å². The summed E-state index contributed by atoms with van der Waals surface area (Å²) in [5.74, 6) is -0.162. The number of pyridine rings is 1. The molecule has 0 aliphatic rings. The first-order chi connectivity index (χ1) is 12.9. The number of fused-ring (bicyclic) bond motifs is 1. The highest BCUT2D eigenvalue weighted by molar-refractivity contribution is 5.85. The molecule has 2 heterocycles. The highest BCUT2D eigenvalue weighted by Gasteiger charge is 2.18. The molecule has 3 rings (SSSR count). The van der Waals surface area contributed by atoms with Gasteiger partial charge in [0.15, 0.2) is 0 Å². The van der Waals surface area contributed by atoms with Crippen molar-refractivity contribution < 1.29 is 4.79 Å². The average molecular weight is 366 g/mol. The van der Waals surface area contributed by atoms with Crippen LogP contribution in [0.1, 0.15) is 36.6 Å². The van der Waals surface area contributed by atoms with Crippen LogP contribution in [0.3, 0.4) is 0 Å². The van der Waals surface area contributed by atoms with E-state index in [1.54, 1.807) is 10.7 Å². The van der Waals surface area contributed by atoms with Crippen LogP contribution in [0, 0.1) is 20.8 Å². The number of carbonyl (C=O) groups is 1. The van der Waals surface area contributed by atoms with Crippen molar-refractivity contribution in [3.05, 3.63) is 57.5 Å². The number of nitrogens with one attached hydrogen (secondary N) is 1.